The summed E-state index contributed by atoms with van der Waals surface area (Å²) in [5.41, 5.74) is 4.82. The maximum Gasteiger partial charge on any atom is 0.416 e. The molecule has 1 rings (SSSR count). The minimum absolute atomic E-state index is 0.103. The Balaban J connectivity index is 2.94. The van der Waals surface area contributed by atoms with Gasteiger partial charge in [-0.1, -0.05) is 32.5 Å². The number of nitrogens with two attached hydrogens (primary N) is 1. The summed E-state index contributed by atoms with van der Waals surface area (Å²) >= 11 is 4.79. The molecular weight excluding hydrogens is 287 g/mol. The van der Waals surface area contributed by atoms with Crippen LogP contribution in [0.4, 0.5) is 13.2 Å². The van der Waals surface area contributed by atoms with Crippen molar-refractivity contribution in [2.75, 3.05) is 6.61 Å². The standard InChI is InChI=1S/C14H18F3NOS/c1-3-4-9(2)8-19-12-6-5-10(14(15,16)17)7-11(12)13(18)20/h5-7,9H,3-4,8H2,1-2H3,(H2,18,20). The molecule has 0 saturated heterocycles. The second-order valence-electron chi connectivity index (χ2n) is 4.78. The van der Waals surface area contributed by atoms with Crippen LogP contribution in [0.1, 0.15) is 37.8 Å². The smallest absolute Gasteiger partial charge is 0.416 e. The third-order valence-electron chi connectivity index (χ3n) is 2.88. The van der Waals surface area contributed by atoms with Gasteiger partial charge in [-0.3, -0.25) is 0 Å². The Kier molecular flexibility index (Phi) is 5.80. The summed E-state index contributed by atoms with van der Waals surface area (Å²) in [6, 6.07) is 3.18. The van der Waals surface area contributed by atoms with Crippen LogP contribution in [0.15, 0.2) is 18.2 Å². The SMILES string of the molecule is CCCC(C)COc1ccc(C(F)(F)F)cc1C(N)=S. The topological polar surface area (TPSA) is 35.2 Å². The molecule has 0 aliphatic carbocycles. The maximum absolute atomic E-state index is 12.7. The number of halogens is 3. The zero-order valence-corrected chi connectivity index (χ0v) is 12.3. The largest absolute Gasteiger partial charge is 0.493 e. The van der Waals surface area contributed by atoms with E-state index < -0.39 is 11.7 Å². The minimum atomic E-state index is -4.42. The van der Waals surface area contributed by atoms with Gasteiger partial charge in [0.05, 0.1) is 17.7 Å². The molecule has 0 heterocycles. The molecule has 0 aliphatic rings. The van der Waals surface area contributed by atoms with Gasteiger partial charge in [0.25, 0.3) is 0 Å². The molecular formula is C14H18F3NOS. The van der Waals surface area contributed by atoms with E-state index in [4.69, 9.17) is 22.7 Å². The molecule has 1 aromatic rings. The normalized spacial score (nSPS) is 13.1. The molecule has 1 atom stereocenters. The van der Waals surface area contributed by atoms with Crippen molar-refractivity contribution >= 4 is 17.2 Å². The fourth-order valence-electron chi connectivity index (χ4n) is 1.83. The van der Waals surface area contributed by atoms with E-state index in [0.29, 0.717) is 18.3 Å². The first-order valence-electron chi connectivity index (χ1n) is 6.39. The van der Waals surface area contributed by atoms with Crippen LogP contribution in [-0.4, -0.2) is 11.6 Å². The fourth-order valence-corrected chi connectivity index (χ4v) is 1.99. The number of alkyl halides is 3. The first-order chi connectivity index (χ1) is 9.25. The van der Waals surface area contributed by atoms with Crippen LogP contribution in [0.5, 0.6) is 5.75 Å². The van der Waals surface area contributed by atoms with Crippen LogP contribution in [0.2, 0.25) is 0 Å². The summed E-state index contributed by atoms with van der Waals surface area (Å²) in [5, 5.41) is 0. The van der Waals surface area contributed by atoms with Crippen molar-refractivity contribution in [1.82, 2.24) is 0 Å². The number of hydrogen-bond donors (Lipinski definition) is 1. The van der Waals surface area contributed by atoms with Crippen molar-refractivity contribution in [2.45, 2.75) is 32.9 Å². The van der Waals surface area contributed by atoms with E-state index in [9.17, 15) is 13.2 Å². The van der Waals surface area contributed by atoms with Crippen LogP contribution in [0.3, 0.4) is 0 Å². The number of rotatable bonds is 6. The van der Waals surface area contributed by atoms with Gasteiger partial charge in [-0.05, 0) is 30.5 Å². The van der Waals surface area contributed by atoms with Gasteiger partial charge in [-0.25, -0.2) is 0 Å². The highest BCUT2D eigenvalue weighted by atomic mass is 32.1. The Morgan fingerprint density at radius 1 is 1.40 bits per heavy atom. The zero-order valence-electron chi connectivity index (χ0n) is 11.5. The third kappa shape index (κ3) is 4.67. The van der Waals surface area contributed by atoms with Crippen molar-refractivity contribution in [3.63, 3.8) is 0 Å². The molecule has 20 heavy (non-hydrogen) atoms. The average Bonchev–Trinajstić information content (AvgIpc) is 2.35. The number of ether oxygens (including phenoxy) is 1. The second-order valence-corrected chi connectivity index (χ2v) is 5.22. The molecule has 112 valence electrons. The molecule has 0 spiro atoms. The van der Waals surface area contributed by atoms with Gasteiger partial charge in [0.2, 0.25) is 0 Å². The second kappa shape index (κ2) is 6.92. The summed E-state index contributed by atoms with van der Waals surface area (Å²) in [7, 11) is 0. The van der Waals surface area contributed by atoms with E-state index in [-0.39, 0.29) is 10.6 Å². The lowest BCUT2D eigenvalue weighted by Crippen LogP contribution is -2.16. The average molecular weight is 305 g/mol. The van der Waals surface area contributed by atoms with Crippen LogP contribution < -0.4 is 10.5 Å². The van der Waals surface area contributed by atoms with Gasteiger partial charge < -0.3 is 10.5 Å². The van der Waals surface area contributed by atoms with Crippen molar-refractivity contribution in [3.8, 4) is 5.75 Å². The molecule has 0 fully saturated rings. The van der Waals surface area contributed by atoms with Crippen LogP contribution in [0.25, 0.3) is 0 Å². The van der Waals surface area contributed by atoms with Gasteiger partial charge in [-0.2, -0.15) is 13.2 Å². The predicted molar refractivity (Wildman–Crippen MR) is 76.9 cm³/mol. The monoisotopic (exact) mass is 305 g/mol. The lowest BCUT2D eigenvalue weighted by Gasteiger charge is -2.16. The Labute approximate surface area is 122 Å². The summed E-state index contributed by atoms with van der Waals surface area (Å²) in [6.07, 6.45) is -2.41. The Morgan fingerprint density at radius 2 is 2.05 bits per heavy atom. The van der Waals surface area contributed by atoms with Gasteiger partial charge in [0, 0.05) is 0 Å². The summed E-state index contributed by atoms with van der Waals surface area (Å²) < 4.78 is 43.5. The molecule has 0 aromatic heterocycles. The first kappa shape index (κ1) is 16.8. The quantitative estimate of drug-likeness (QED) is 0.802. The lowest BCUT2D eigenvalue weighted by atomic mass is 10.1. The summed E-state index contributed by atoms with van der Waals surface area (Å²) in [4.78, 5) is -0.103. The van der Waals surface area contributed by atoms with E-state index >= 15 is 0 Å². The van der Waals surface area contributed by atoms with E-state index in [0.717, 1.165) is 25.0 Å². The molecule has 2 nitrogen and oxygen atoms in total. The molecule has 1 aromatic carbocycles. The summed E-state index contributed by atoms with van der Waals surface area (Å²) in [5.74, 6) is 0.620. The van der Waals surface area contributed by atoms with E-state index in [2.05, 4.69) is 6.92 Å². The molecule has 0 radical (unpaired) electrons. The van der Waals surface area contributed by atoms with Crippen molar-refractivity contribution < 1.29 is 17.9 Å². The number of benzene rings is 1. The van der Waals surface area contributed by atoms with Crippen LogP contribution >= 0.6 is 12.2 Å². The Bertz CT molecular complexity index is 474. The predicted octanol–water partition coefficient (Wildman–Crippen LogP) is 4.15. The molecule has 0 aliphatic heterocycles. The molecule has 0 saturated carbocycles. The zero-order chi connectivity index (χ0) is 15.3. The van der Waals surface area contributed by atoms with Crippen LogP contribution in [-0.2, 0) is 6.18 Å². The first-order valence-corrected chi connectivity index (χ1v) is 6.80. The lowest BCUT2D eigenvalue weighted by molar-refractivity contribution is -0.137. The van der Waals surface area contributed by atoms with E-state index in [1.807, 2.05) is 6.92 Å². The van der Waals surface area contributed by atoms with Crippen molar-refractivity contribution in [2.24, 2.45) is 11.7 Å². The molecule has 0 bridgehead atoms. The fraction of sp³-hybridized carbons (Fsp3) is 0.500. The Hall–Kier alpha value is -1.30. The minimum Gasteiger partial charge on any atom is -0.493 e. The van der Waals surface area contributed by atoms with Gasteiger partial charge in [0.15, 0.2) is 0 Å². The van der Waals surface area contributed by atoms with Gasteiger partial charge in [-0.15, -0.1) is 0 Å². The number of thiocarbonyl (C=S) groups is 1. The molecule has 2 N–H and O–H groups in total. The summed E-state index contributed by atoms with van der Waals surface area (Å²) in [6.45, 7) is 4.51. The maximum atomic E-state index is 12.7. The number of hydrogen-bond acceptors (Lipinski definition) is 2. The van der Waals surface area contributed by atoms with E-state index in [1.165, 1.54) is 6.07 Å². The van der Waals surface area contributed by atoms with Gasteiger partial charge >= 0.3 is 6.18 Å². The highest BCUT2D eigenvalue weighted by molar-refractivity contribution is 7.80. The highest BCUT2D eigenvalue weighted by Gasteiger charge is 2.31. The molecule has 6 heteroatoms. The van der Waals surface area contributed by atoms with Crippen molar-refractivity contribution in [1.29, 1.82) is 0 Å². The van der Waals surface area contributed by atoms with Gasteiger partial charge in [0.1, 0.15) is 10.7 Å². The van der Waals surface area contributed by atoms with E-state index in [1.54, 1.807) is 0 Å². The third-order valence-corrected chi connectivity index (χ3v) is 3.10. The van der Waals surface area contributed by atoms with Crippen molar-refractivity contribution in [3.05, 3.63) is 29.3 Å². The highest BCUT2D eigenvalue weighted by Crippen LogP contribution is 2.32. The Morgan fingerprint density at radius 3 is 2.55 bits per heavy atom. The molecule has 0 amide bonds. The van der Waals surface area contributed by atoms with Crippen LogP contribution in [0, 0.1) is 5.92 Å². The molecule has 1 unspecified atom stereocenters.